The molecule has 2 N–H and O–H groups in total. The summed E-state index contributed by atoms with van der Waals surface area (Å²) in [6, 6.07) is 0.529. The highest BCUT2D eigenvalue weighted by Gasteiger charge is 2.35. The summed E-state index contributed by atoms with van der Waals surface area (Å²) in [4.78, 5) is 2.34. The summed E-state index contributed by atoms with van der Waals surface area (Å²) >= 11 is 0. The molecule has 1 aliphatic heterocycles. The molecule has 0 aromatic heterocycles. The molecule has 2 atom stereocenters. The fraction of sp³-hybridized carbons (Fsp3) is 1.00. The van der Waals surface area contributed by atoms with Gasteiger partial charge in [0.05, 0.1) is 13.2 Å². The van der Waals surface area contributed by atoms with Gasteiger partial charge in [0.15, 0.2) is 0 Å². The van der Waals surface area contributed by atoms with Gasteiger partial charge >= 0.3 is 0 Å². The van der Waals surface area contributed by atoms with Crippen molar-refractivity contribution in [1.82, 2.24) is 10.2 Å². The molecule has 0 radical (unpaired) electrons. The monoisotopic (exact) mass is 216 g/mol. The Morgan fingerprint density at radius 3 is 2.87 bits per heavy atom. The number of hydrogen-bond acceptors (Lipinski definition) is 4. The predicted octanol–water partition coefficient (Wildman–Crippen LogP) is 0.0676. The second-order valence-corrected chi connectivity index (χ2v) is 4.64. The summed E-state index contributed by atoms with van der Waals surface area (Å²) in [7, 11) is 3.84. The van der Waals surface area contributed by atoms with Gasteiger partial charge in [0, 0.05) is 25.2 Å². The Kier molecular flexibility index (Phi) is 4.99. The molecule has 0 saturated carbocycles. The smallest absolute Gasteiger partial charge is 0.0614 e. The minimum atomic E-state index is -0.0928. The fourth-order valence-corrected chi connectivity index (χ4v) is 2.21. The van der Waals surface area contributed by atoms with Gasteiger partial charge in [0.25, 0.3) is 0 Å². The lowest BCUT2D eigenvalue weighted by Gasteiger charge is -2.44. The quantitative estimate of drug-likeness (QED) is 0.638. The van der Waals surface area contributed by atoms with Gasteiger partial charge < -0.3 is 20.1 Å². The summed E-state index contributed by atoms with van der Waals surface area (Å²) < 4.78 is 5.02. The van der Waals surface area contributed by atoms with Crippen molar-refractivity contribution in [1.29, 1.82) is 0 Å². The lowest BCUT2D eigenvalue weighted by molar-refractivity contribution is 0.0537. The van der Waals surface area contributed by atoms with Crippen LogP contribution < -0.4 is 5.32 Å². The number of methoxy groups -OCH3 is 1. The molecule has 1 fully saturated rings. The molecule has 1 heterocycles. The van der Waals surface area contributed by atoms with E-state index < -0.39 is 0 Å². The van der Waals surface area contributed by atoms with E-state index in [4.69, 9.17) is 4.74 Å². The van der Waals surface area contributed by atoms with Gasteiger partial charge in [-0.05, 0) is 33.4 Å². The highest BCUT2D eigenvalue weighted by Crippen LogP contribution is 2.25. The maximum absolute atomic E-state index is 9.52. The molecule has 0 amide bonds. The van der Waals surface area contributed by atoms with Crippen LogP contribution in [0, 0.1) is 0 Å². The Bertz CT molecular complexity index is 189. The van der Waals surface area contributed by atoms with E-state index in [1.165, 1.54) is 0 Å². The normalized spacial score (nSPS) is 33.2. The second-order valence-electron chi connectivity index (χ2n) is 4.64. The van der Waals surface area contributed by atoms with Crippen LogP contribution in [0.2, 0.25) is 0 Å². The predicted molar refractivity (Wildman–Crippen MR) is 61.0 cm³/mol. The van der Waals surface area contributed by atoms with Crippen molar-refractivity contribution in [3.05, 3.63) is 0 Å². The number of hydrogen-bond donors (Lipinski definition) is 2. The van der Waals surface area contributed by atoms with E-state index in [0.29, 0.717) is 12.6 Å². The molecule has 4 heteroatoms. The van der Waals surface area contributed by atoms with Crippen molar-refractivity contribution in [2.75, 3.05) is 40.5 Å². The Balaban J connectivity index is 2.45. The number of likely N-dealkylation sites (tertiary alicyclic amines) is 1. The second kappa shape index (κ2) is 5.80. The lowest BCUT2D eigenvalue weighted by atomic mass is 9.84. The first-order valence-electron chi connectivity index (χ1n) is 5.68. The molecule has 0 aromatic rings. The van der Waals surface area contributed by atoms with Crippen molar-refractivity contribution in [3.8, 4) is 0 Å². The topological polar surface area (TPSA) is 44.7 Å². The molecule has 1 aliphatic rings. The zero-order chi connectivity index (χ0) is 11.3. The van der Waals surface area contributed by atoms with Gasteiger partial charge in [-0.2, -0.15) is 0 Å². The third-order valence-corrected chi connectivity index (χ3v) is 3.49. The van der Waals surface area contributed by atoms with E-state index in [-0.39, 0.29) is 12.1 Å². The van der Waals surface area contributed by atoms with Gasteiger partial charge in [-0.25, -0.2) is 0 Å². The van der Waals surface area contributed by atoms with Crippen LogP contribution in [0.1, 0.15) is 19.8 Å². The van der Waals surface area contributed by atoms with E-state index in [9.17, 15) is 5.11 Å². The van der Waals surface area contributed by atoms with Crippen molar-refractivity contribution in [3.63, 3.8) is 0 Å². The number of ether oxygens (including phenoxy) is 1. The molecular formula is C11H24N2O2. The first-order valence-corrected chi connectivity index (χ1v) is 5.68. The molecule has 0 aliphatic carbocycles. The molecule has 15 heavy (non-hydrogen) atoms. The van der Waals surface area contributed by atoms with E-state index in [1.54, 1.807) is 7.11 Å². The van der Waals surface area contributed by atoms with Crippen LogP contribution in [0.15, 0.2) is 0 Å². The van der Waals surface area contributed by atoms with E-state index in [2.05, 4.69) is 24.2 Å². The van der Waals surface area contributed by atoms with Crippen LogP contribution in [-0.4, -0.2) is 62.0 Å². The number of aliphatic hydroxyl groups excluding tert-OH is 1. The van der Waals surface area contributed by atoms with Crippen LogP contribution in [0.25, 0.3) is 0 Å². The van der Waals surface area contributed by atoms with Crippen molar-refractivity contribution >= 4 is 0 Å². The first-order chi connectivity index (χ1) is 7.13. The molecular weight excluding hydrogens is 192 g/mol. The Labute approximate surface area is 92.6 Å². The minimum absolute atomic E-state index is 0.0928. The fourth-order valence-electron chi connectivity index (χ4n) is 2.21. The number of nitrogens with zero attached hydrogens (tertiary/aromatic N) is 1. The van der Waals surface area contributed by atoms with Crippen LogP contribution in [-0.2, 0) is 4.74 Å². The summed E-state index contributed by atoms with van der Waals surface area (Å²) in [6.45, 7) is 4.98. The van der Waals surface area contributed by atoms with Gasteiger partial charge in [0.2, 0.25) is 0 Å². The Morgan fingerprint density at radius 2 is 2.33 bits per heavy atom. The average molecular weight is 216 g/mol. The standard InChI is InChI=1S/C11H24N2O2/c1-10-8-11(9-14,4-6-13(10)2)12-5-7-15-3/h10,12,14H,4-9H2,1-3H3. The molecule has 0 bridgehead atoms. The van der Waals surface area contributed by atoms with Crippen LogP contribution in [0.4, 0.5) is 0 Å². The Morgan fingerprint density at radius 1 is 1.60 bits per heavy atom. The molecule has 1 rings (SSSR count). The SMILES string of the molecule is COCCNC1(CO)CCN(C)C(C)C1. The molecule has 0 spiro atoms. The highest BCUT2D eigenvalue weighted by atomic mass is 16.5. The average Bonchev–Trinajstić information content (AvgIpc) is 2.24. The summed E-state index contributed by atoms with van der Waals surface area (Å²) in [5, 5.41) is 13.0. The van der Waals surface area contributed by atoms with Gasteiger partial charge in [-0.3, -0.25) is 0 Å². The van der Waals surface area contributed by atoms with E-state index in [0.717, 1.165) is 25.9 Å². The zero-order valence-corrected chi connectivity index (χ0v) is 10.1. The van der Waals surface area contributed by atoms with Crippen LogP contribution in [0.3, 0.4) is 0 Å². The third kappa shape index (κ3) is 3.41. The minimum Gasteiger partial charge on any atom is -0.394 e. The van der Waals surface area contributed by atoms with Crippen molar-refractivity contribution in [2.24, 2.45) is 0 Å². The van der Waals surface area contributed by atoms with Crippen molar-refractivity contribution < 1.29 is 9.84 Å². The molecule has 4 nitrogen and oxygen atoms in total. The molecule has 90 valence electrons. The van der Waals surface area contributed by atoms with Gasteiger partial charge in [0.1, 0.15) is 0 Å². The van der Waals surface area contributed by atoms with E-state index >= 15 is 0 Å². The first kappa shape index (κ1) is 12.9. The number of nitrogens with one attached hydrogen (secondary N) is 1. The number of aliphatic hydroxyl groups is 1. The zero-order valence-electron chi connectivity index (χ0n) is 10.1. The molecule has 2 unspecified atom stereocenters. The van der Waals surface area contributed by atoms with Crippen LogP contribution >= 0.6 is 0 Å². The third-order valence-electron chi connectivity index (χ3n) is 3.49. The van der Waals surface area contributed by atoms with Crippen molar-refractivity contribution in [2.45, 2.75) is 31.3 Å². The summed E-state index contributed by atoms with van der Waals surface area (Å²) in [6.07, 6.45) is 2.01. The molecule has 1 saturated heterocycles. The molecule has 0 aromatic carbocycles. The number of rotatable bonds is 5. The Hall–Kier alpha value is -0.160. The largest absolute Gasteiger partial charge is 0.394 e. The lowest BCUT2D eigenvalue weighted by Crippen LogP contribution is -2.58. The van der Waals surface area contributed by atoms with E-state index in [1.807, 2.05) is 0 Å². The van der Waals surface area contributed by atoms with Gasteiger partial charge in [-0.1, -0.05) is 0 Å². The number of piperidine rings is 1. The maximum atomic E-state index is 9.52. The summed E-state index contributed by atoms with van der Waals surface area (Å²) in [5.74, 6) is 0. The van der Waals surface area contributed by atoms with Gasteiger partial charge in [-0.15, -0.1) is 0 Å². The highest BCUT2D eigenvalue weighted by molar-refractivity contribution is 4.95. The van der Waals surface area contributed by atoms with Crippen LogP contribution in [0.5, 0.6) is 0 Å². The maximum Gasteiger partial charge on any atom is 0.0614 e. The summed E-state index contributed by atoms with van der Waals surface area (Å²) in [5.41, 5.74) is -0.0928.